The molecule has 0 radical (unpaired) electrons. The largest absolute Gasteiger partial charge is 0.497 e. The van der Waals surface area contributed by atoms with E-state index in [-0.39, 0.29) is 5.91 Å². The first-order chi connectivity index (χ1) is 12.1. The van der Waals surface area contributed by atoms with Gasteiger partial charge in [-0.3, -0.25) is 9.78 Å². The second kappa shape index (κ2) is 9.67. The molecule has 0 spiro atoms. The minimum absolute atomic E-state index is 0.140. The molecule has 1 aromatic heterocycles. The number of methoxy groups -OCH3 is 1. The number of rotatable bonds is 9. The van der Waals surface area contributed by atoms with E-state index in [2.05, 4.69) is 22.1 Å². The zero-order valence-corrected chi connectivity index (χ0v) is 15.3. The first-order valence-corrected chi connectivity index (χ1v) is 8.72. The number of hydrogen-bond acceptors (Lipinski definition) is 4. The quantitative estimate of drug-likeness (QED) is 0.760. The van der Waals surface area contributed by atoms with Gasteiger partial charge in [0.1, 0.15) is 11.4 Å². The Labute approximate surface area is 150 Å². The molecule has 0 fully saturated rings. The van der Waals surface area contributed by atoms with Crippen molar-refractivity contribution < 1.29 is 9.53 Å². The van der Waals surface area contributed by atoms with Crippen molar-refractivity contribution in [3.8, 4) is 5.75 Å². The maximum Gasteiger partial charge on any atom is 0.269 e. The van der Waals surface area contributed by atoms with Gasteiger partial charge >= 0.3 is 0 Å². The maximum atomic E-state index is 12.3. The van der Waals surface area contributed by atoms with E-state index < -0.39 is 0 Å². The predicted octanol–water partition coefficient (Wildman–Crippen LogP) is 3.30. The number of nitrogens with zero attached hydrogens (tertiary/aromatic N) is 2. The van der Waals surface area contributed by atoms with Crippen molar-refractivity contribution >= 4 is 11.6 Å². The van der Waals surface area contributed by atoms with Crippen LogP contribution in [0.25, 0.3) is 0 Å². The molecule has 0 aliphatic rings. The van der Waals surface area contributed by atoms with Crippen molar-refractivity contribution in [3.63, 3.8) is 0 Å². The molecule has 0 aliphatic heterocycles. The molecule has 1 heterocycles. The zero-order chi connectivity index (χ0) is 18.1. The van der Waals surface area contributed by atoms with Crippen LogP contribution in [0.15, 0.2) is 42.6 Å². The highest BCUT2D eigenvalue weighted by atomic mass is 16.5. The number of anilines is 1. The fourth-order valence-electron chi connectivity index (χ4n) is 2.51. The molecule has 5 heteroatoms. The smallest absolute Gasteiger partial charge is 0.269 e. The van der Waals surface area contributed by atoms with Gasteiger partial charge in [0, 0.05) is 32.0 Å². The van der Waals surface area contributed by atoms with Gasteiger partial charge in [-0.2, -0.15) is 0 Å². The molecule has 134 valence electrons. The second-order valence-electron chi connectivity index (χ2n) is 6.03. The third-order valence-electron chi connectivity index (χ3n) is 4.12. The summed E-state index contributed by atoms with van der Waals surface area (Å²) in [4.78, 5) is 18.7. The normalized spacial score (nSPS) is 10.4. The molecule has 1 N–H and O–H groups in total. The molecule has 1 amide bonds. The Balaban J connectivity index is 1.87. The van der Waals surface area contributed by atoms with Crippen LogP contribution in [-0.2, 0) is 6.42 Å². The first-order valence-electron chi connectivity index (χ1n) is 8.72. The lowest BCUT2D eigenvalue weighted by molar-refractivity contribution is 0.0949. The number of pyridine rings is 1. The zero-order valence-electron chi connectivity index (χ0n) is 15.3. The van der Waals surface area contributed by atoms with Crippen LogP contribution >= 0.6 is 0 Å². The number of aromatic nitrogens is 1. The average molecular weight is 341 g/mol. The van der Waals surface area contributed by atoms with E-state index in [0.717, 1.165) is 42.8 Å². The standard InChI is InChI=1S/C20H27N3O2/c1-4-5-14-23(2)17-11-13-21-19(15-17)20(24)22-12-10-16-6-8-18(25-3)9-7-16/h6-9,11,13,15H,4-5,10,12,14H2,1-3H3,(H,22,24). The summed E-state index contributed by atoms with van der Waals surface area (Å²) < 4.78 is 5.14. The van der Waals surface area contributed by atoms with Crippen molar-refractivity contribution in [3.05, 3.63) is 53.9 Å². The second-order valence-corrected chi connectivity index (χ2v) is 6.03. The Bertz CT molecular complexity index is 671. The van der Waals surface area contributed by atoms with Crippen LogP contribution in [0.2, 0.25) is 0 Å². The molecular weight excluding hydrogens is 314 g/mol. The molecule has 0 bridgehead atoms. The van der Waals surface area contributed by atoms with E-state index in [1.807, 2.05) is 43.4 Å². The molecule has 1 aromatic carbocycles. The van der Waals surface area contributed by atoms with Gasteiger partial charge in [0.25, 0.3) is 5.91 Å². The highest BCUT2D eigenvalue weighted by Crippen LogP contribution is 2.14. The Morgan fingerprint density at radius 2 is 2.00 bits per heavy atom. The lowest BCUT2D eigenvalue weighted by Crippen LogP contribution is -2.27. The van der Waals surface area contributed by atoms with Crippen LogP contribution < -0.4 is 15.0 Å². The van der Waals surface area contributed by atoms with Crippen molar-refractivity contribution in [1.82, 2.24) is 10.3 Å². The number of benzene rings is 1. The lowest BCUT2D eigenvalue weighted by Gasteiger charge is -2.19. The Hall–Kier alpha value is -2.56. The third-order valence-corrected chi connectivity index (χ3v) is 4.12. The van der Waals surface area contributed by atoms with Crippen molar-refractivity contribution in [1.29, 1.82) is 0 Å². The summed E-state index contributed by atoms with van der Waals surface area (Å²) in [6, 6.07) is 11.6. The summed E-state index contributed by atoms with van der Waals surface area (Å²) in [6.07, 6.45) is 4.73. The van der Waals surface area contributed by atoms with Crippen LogP contribution in [-0.4, -0.2) is 38.1 Å². The number of ether oxygens (including phenoxy) is 1. The monoisotopic (exact) mass is 341 g/mol. The van der Waals surface area contributed by atoms with Gasteiger partial charge in [-0.1, -0.05) is 25.5 Å². The Kier molecular flexibility index (Phi) is 7.26. The van der Waals surface area contributed by atoms with Crippen LogP contribution in [0, 0.1) is 0 Å². The van der Waals surface area contributed by atoms with Crippen LogP contribution in [0.3, 0.4) is 0 Å². The lowest BCUT2D eigenvalue weighted by atomic mass is 10.1. The Morgan fingerprint density at radius 1 is 1.24 bits per heavy atom. The predicted molar refractivity (Wildman–Crippen MR) is 101 cm³/mol. The molecule has 2 rings (SSSR count). The summed E-state index contributed by atoms with van der Waals surface area (Å²) in [5.41, 5.74) is 2.63. The van der Waals surface area contributed by atoms with Crippen LogP contribution in [0.5, 0.6) is 5.75 Å². The highest BCUT2D eigenvalue weighted by Gasteiger charge is 2.09. The number of nitrogens with one attached hydrogen (secondary N) is 1. The SMILES string of the molecule is CCCCN(C)c1ccnc(C(=O)NCCc2ccc(OC)cc2)c1. The van der Waals surface area contributed by atoms with Gasteiger partial charge < -0.3 is 15.0 Å². The van der Waals surface area contributed by atoms with E-state index in [1.54, 1.807) is 13.3 Å². The third kappa shape index (κ3) is 5.78. The molecule has 2 aromatic rings. The molecule has 0 saturated carbocycles. The summed E-state index contributed by atoms with van der Waals surface area (Å²) in [6.45, 7) is 3.71. The van der Waals surface area contributed by atoms with Gasteiger partial charge in [-0.05, 0) is 42.7 Å². The highest BCUT2D eigenvalue weighted by molar-refractivity contribution is 5.93. The van der Waals surface area contributed by atoms with Gasteiger partial charge in [-0.15, -0.1) is 0 Å². The van der Waals surface area contributed by atoms with Gasteiger partial charge in [0.15, 0.2) is 0 Å². The number of amides is 1. The number of hydrogen-bond donors (Lipinski definition) is 1. The summed E-state index contributed by atoms with van der Waals surface area (Å²) in [5, 5.41) is 2.93. The number of carbonyl (C=O) groups is 1. The molecule has 25 heavy (non-hydrogen) atoms. The van der Waals surface area contributed by atoms with E-state index in [0.29, 0.717) is 12.2 Å². The van der Waals surface area contributed by atoms with Crippen molar-refractivity contribution in [2.45, 2.75) is 26.2 Å². The summed E-state index contributed by atoms with van der Waals surface area (Å²) >= 11 is 0. The topological polar surface area (TPSA) is 54.5 Å². The molecule has 0 atom stereocenters. The fraction of sp³-hybridized carbons (Fsp3) is 0.400. The van der Waals surface area contributed by atoms with Gasteiger partial charge in [0.05, 0.1) is 7.11 Å². The van der Waals surface area contributed by atoms with Gasteiger partial charge in [0.2, 0.25) is 0 Å². The van der Waals surface area contributed by atoms with Crippen molar-refractivity contribution in [2.75, 3.05) is 32.1 Å². The maximum absolute atomic E-state index is 12.3. The van der Waals surface area contributed by atoms with E-state index in [9.17, 15) is 4.79 Å². The van der Waals surface area contributed by atoms with E-state index in [1.165, 1.54) is 0 Å². The minimum atomic E-state index is -0.140. The molecule has 0 aliphatic carbocycles. The van der Waals surface area contributed by atoms with Crippen LogP contribution in [0.1, 0.15) is 35.8 Å². The molecular formula is C20H27N3O2. The average Bonchev–Trinajstić information content (AvgIpc) is 2.66. The first kappa shape index (κ1) is 18.8. The fourth-order valence-corrected chi connectivity index (χ4v) is 2.51. The molecule has 5 nitrogen and oxygen atoms in total. The van der Waals surface area contributed by atoms with E-state index in [4.69, 9.17) is 4.74 Å². The molecule has 0 saturated heterocycles. The van der Waals surface area contributed by atoms with Crippen molar-refractivity contribution in [2.24, 2.45) is 0 Å². The number of carbonyl (C=O) groups excluding carboxylic acids is 1. The Morgan fingerprint density at radius 3 is 2.68 bits per heavy atom. The summed E-state index contributed by atoms with van der Waals surface area (Å²) in [5.74, 6) is 0.695. The summed E-state index contributed by atoms with van der Waals surface area (Å²) in [7, 11) is 3.69. The molecule has 0 unspecified atom stereocenters. The minimum Gasteiger partial charge on any atom is -0.497 e. The van der Waals surface area contributed by atoms with Gasteiger partial charge in [-0.25, -0.2) is 0 Å². The van der Waals surface area contributed by atoms with Crippen LogP contribution in [0.4, 0.5) is 5.69 Å². The van der Waals surface area contributed by atoms with E-state index >= 15 is 0 Å². The number of unbranched alkanes of at least 4 members (excludes halogenated alkanes) is 1.